The third-order valence-corrected chi connectivity index (χ3v) is 9.01. The smallest absolute Gasteiger partial charge is 0.307 e. The second-order valence-electron chi connectivity index (χ2n) is 11.6. The van der Waals surface area contributed by atoms with Gasteiger partial charge in [-0.05, 0) is 60.0 Å². The summed E-state index contributed by atoms with van der Waals surface area (Å²) in [7, 11) is 0. The standard InChI is InChI=1S/C41H25N3O2/c1-2-11-27(12-3-1)44-35-16-8-6-14-31(35)32-21-19-28(24-36(32)44)43(29-20-22-34-33-15-7-9-17-37(33)45-39(34)25-29)41-42-40-30-13-5-4-10-26(30)18-23-38(40)46-41/h1-25H. The molecule has 216 valence electrons. The Hall–Kier alpha value is -6.33. The molecule has 5 heteroatoms. The van der Waals surface area contributed by atoms with E-state index in [9.17, 15) is 0 Å². The number of oxazole rings is 1. The van der Waals surface area contributed by atoms with Crippen LogP contribution in [0.4, 0.5) is 17.4 Å². The molecule has 0 spiro atoms. The van der Waals surface area contributed by atoms with Crippen molar-refractivity contribution >= 4 is 83.0 Å². The zero-order valence-electron chi connectivity index (χ0n) is 24.6. The predicted octanol–water partition coefficient (Wildman–Crippen LogP) is 11.4. The van der Waals surface area contributed by atoms with Crippen LogP contribution in [0, 0.1) is 0 Å². The molecule has 0 aliphatic heterocycles. The molecular formula is C41H25N3O2. The van der Waals surface area contributed by atoms with E-state index in [2.05, 4.69) is 125 Å². The molecule has 10 rings (SSSR count). The number of rotatable bonds is 4. The highest BCUT2D eigenvalue weighted by atomic mass is 16.4. The Kier molecular flexibility index (Phi) is 5.22. The summed E-state index contributed by atoms with van der Waals surface area (Å²) in [5, 5.41) is 6.73. The lowest BCUT2D eigenvalue weighted by Gasteiger charge is -2.21. The van der Waals surface area contributed by atoms with Crippen molar-refractivity contribution in [3.8, 4) is 5.69 Å². The highest BCUT2D eigenvalue weighted by Crippen LogP contribution is 2.42. The Morgan fingerprint density at radius 1 is 0.457 bits per heavy atom. The van der Waals surface area contributed by atoms with Gasteiger partial charge in [0.15, 0.2) is 5.58 Å². The van der Waals surface area contributed by atoms with Crippen LogP contribution in [0.3, 0.4) is 0 Å². The molecule has 0 fully saturated rings. The molecule has 0 amide bonds. The monoisotopic (exact) mass is 591 g/mol. The normalized spacial score (nSPS) is 11.9. The summed E-state index contributed by atoms with van der Waals surface area (Å²) in [4.78, 5) is 7.23. The number of aromatic nitrogens is 2. The number of furan rings is 1. The quantitative estimate of drug-likeness (QED) is 0.204. The van der Waals surface area contributed by atoms with Crippen molar-refractivity contribution < 1.29 is 8.83 Å². The predicted molar refractivity (Wildman–Crippen MR) is 188 cm³/mol. The van der Waals surface area contributed by atoms with Gasteiger partial charge < -0.3 is 13.4 Å². The fourth-order valence-electron chi connectivity index (χ4n) is 6.92. The van der Waals surface area contributed by atoms with Crippen molar-refractivity contribution in [2.75, 3.05) is 4.90 Å². The minimum absolute atomic E-state index is 0.489. The van der Waals surface area contributed by atoms with Crippen molar-refractivity contribution in [3.05, 3.63) is 152 Å². The molecule has 3 aromatic heterocycles. The fraction of sp³-hybridized carbons (Fsp3) is 0. The van der Waals surface area contributed by atoms with E-state index >= 15 is 0 Å². The van der Waals surface area contributed by atoms with Gasteiger partial charge in [-0.25, -0.2) is 0 Å². The van der Waals surface area contributed by atoms with Crippen LogP contribution >= 0.6 is 0 Å². The highest BCUT2D eigenvalue weighted by Gasteiger charge is 2.23. The largest absolute Gasteiger partial charge is 0.456 e. The minimum Gasteiger partial charge on any atom is -0.456 e. The van der Waals surface area contributed by atoms with Crippen LogP contribution in [0.2, 0.25) is 0 Å². The Morgan fingerprint density at radius 2 is 1.13 bits per heavy atom. The summed E-state index contributed by atoms with van der Waals surface area (Å²) in [5.74, 6) is 0. The Balaban J connectivity index is 1.25. The molecule has 0 aliphatic carbocycles. The summed E-state index contributed by atoms with van der Waals surface area (Å²) in [6.45, 7) is 0. The second-order valence-corrected chi connectivity index (χ2v) is 11.6. The number of para-hydroxylation sites is 3. The van der Waals surface area contributed by atoms with Gasteiger partial charge >= 0.3 is 6.01 Å². The van der Waals surface area contributed by atoms with Crippen molar-refractivity contribution in [1.82, 2.24) is 9.55 Å². The van der Waals surface area contributed by atoms with Crippen LogP contribution in [-0.2, 0) is 0 Å². The van der Waals surface area contributed by atoms with Crippen molar-refractivity contribution in [3.63, 3.8) is 0 Å². The van der Waals surface area contributed by atoms with Crippen LogP contribution in [0.15, 0.2) is 160 Å². The molecule has 0 bridgehead atoms. The van der Waals surface area contributed by atoms with Crippen LogP contribution in [0.5, 0.6) is 0 Å². The van der Waals surface area contributed by atoms with E-state index < -0.39 is 0 Å². The fourth-order valence-corrected chi connectivity index (χ4v) is 6.92. The maximum Gasteiger partial charge on any atom is 0.307 e. The molecule has 0 N–H and O–H groups in total. The van der Waals surface area contributed by atoms with Crippen LogP contribution in [0.25, 0.3) is 71.3 Å². The summed E-state index contributed by atoms with van der Waals surface area (Å²) in [5.41, 5.74) is 8.43. The van der Waals surface area contributed by atoms with Gasteiger partial charge in [-0.1, -0.05) is 91.0 Å². The Morgan fingerprint density at radius 3 is 2.02 bits per heavy atom. The first-order valence-electron chi connectivity index (χ1n) is 15.4. The molecule has 0 atom stereocenters. The molecule has 10 aromatic rings. The van der Waals surface area contributed by atoms with Crippen LogP contribution < -0.4 is 4.90 Å². The number of hydrogen-bond donors (Lipinski definition) is 0. The highest BCUT2D eigenvalue weighted by molar-refractivity contribution is 6.11. The average Bonchev–Trinajstić information content (AvgIpc) is 3.80. The molecule has 7 aromatic carbocycles. The van der Waals surface area contributed by atoms with E-state index in [0.29, 0.717) is 6.01 Å². The summed E-state index contributed by atoms with van der Waals surface area (Å²) in [6, 6.07) is 53.0. The molecule has 5 nitrogen and oxygen atoms in total. The van der Waals surface area contributed by atoms with E-state index in [0.717, 1.165) is 71.9 Å². The van der Waals surface area contributed by atoms with Gasteiger partial charge in [0.1, 0.15) is 16.7 Å². The number of fused-ring (bicyclic) bond motifs is 9. The first-order chi connectivity index (χ1) is 22.8. The van der Waals surface area contributed by atoms with Gasteiger partial charge in [-0.15, -0.1) is 0 Å². The Labute approximate surface area is 263 Å². The van der Waals surface area contributed by atoms with E-state index in [-0.39, 0.29) is 0 Å². The zero-order chi connectivity index (χ0) is 30.2. The van der Waals surface area contributed by atoms with Gasteiger partial charge in [0.05, 0.1) is 22.4 Å². The van der Waals surface area contributed by atoms with Gasteiger partial charge in [-0.3, -0.25) is 4.90 Å². The first kappa shape index (κ1) is 25.0. The molecule has 0 saturated carbocycles. The molecule has 0 saturated heterocycles. The maximum absolute atomic E-state index is 6.58. The second kappa shape index (κ2) is 9.58. The maximum atomic E-state index is 6.58. The average molecular weight is 592 g/mol. The van der Waals surface area contributed by atoms with E-state index in [1.807, 2.05) is 36.4 Å². The Bertz CT molecular complexity index is 2770. The van der Waals surface area contributed by atoms with Gasteiger partial charge in [0.25, 0.3) is 0 Å². The SMILES string of the molecule is c1ccc(-n2c3ccccc3c3ccc(N(c4ccc5c(c4)oc4ccccc45)c4nc5c(ccc6ccccc65)o4)cc32)cc1. The minimum atomic E-state index is 0.489. The third-order valence-electron chi connectivity index (χ3n) is 9.01. The van der Waals surface area contributed by atoms with Gasteiger partial charge in [0, 0.05) is 38.7 Å². The first-order valence-corrected chi connectivity index (χ1v) is 15.4. The number of nitrogens with zero attached hydrogens (tertiary/aromatic N) is 3. The molecule has 0 radical (unpaired) electrons. The molecule has 0 unspecified atom stereocenters. The molecule has 0 aliphatic rings. The number of anilines is 3. The third kappa shape index (κ3) is 3.66. The topological polar surface area (TPSA) is 47.3 Å². The lowest BCUT2D eigenvalue weighted by atomic mass is 10.1. The van der Waals surface area contributed by atoms with E-state index in [1.54, 1.807) is 0 Å². The van der Waals surface area contributed by atoms with Gasteiger partial charge in [-0.2, -0.15) is 4.98 Å². The van der Waals surface area contributed by atoms with E-state index in [1.165, 1.54) is 10.8 Å². The van der Waals surface area contributed by atoms with Gasteiger partial charge in [0.2, 0.25) is 0 Å². The molecule has 3 heterocycles. The number of hydrogen-bond acceptors (Lipinski definition) is 4. The summed E-state index contributed by atoms with van der Waals surface area (Å²) >= 11 is 0. The lowest BCUT2D eigenvalue weighted by molar-refractivity contribution is 0.608. The van der Waals surface area contributed by atoms with Crippen molar-refractivity contribution in [2.24, 2.45) is 0 Å². The molecular weight excluding hydrogens is 566 g/mol. The number of benzene rings is 7. The summed E-state index contributed by atoms with van der Waals surface area (Å²) < 4.78 is 15.2. The van der Waals surface area contributed by atoms with Crippen molar-refractivity contribution in [1.29, 1.82) is 0 Å². The molecule has 46 heavy (non-hydrogen) atoms. The zero-order valence-corrected chi connectivity index (χ0v) is 24.6. The van der Waals surface area contributed by atoms with Crippen LogP contribution in [0.1, 0.15) is 0 Å². The van der Waals surface area contributed by atoms with Crippen LogP contribution in [-0.4, -0.2) is 9.55 Å². The summed E-state index contributed by atoms with van der Waals surface area (Å²) in [6.07, 6.45) is 0. The van der Waals surface area contributed by atoms with E-state index in [4.69, 9.17) is 13.8 Å². The lowest BCUT2D eigenvalue weighted by Crippen LogP contribution is -2.10. The van der Waals surface area contributed by atoms with Crippen molar-refractivity contribution in [2.45, 2.75) is 0 Å².